The molecule has 1 amide bonds. The molecule has 4 rings (SSSR count). The number of methoxy groups -OCH3 is 2. The second-order valence-electron chi connectivity index (χ2n) is 6.70. The van der Waals surface area contributed by atoms with E-state index in [1.165, 1.54) is 16.9 Å². The van der Waals surface area contributed by atoms with Crippen LogP contribution in [0.3, 0.4) is 0 Å². The number of hydrogen-bond donors (Lipinski definition) is 1. The van der Waals surface area contributed by atoms with E-state index < -0.39 is 5.82 Å². The van der Waals surface area contributed by atoms with Crippen molar-refractivity contribution in [2.24, 2.45) is 0 Å². The van der Waals surface area contributed by atoms with Crippen molar-refractivity contribution in [2.75, 3.05) is 14.2 Å². The number of aromatic nitrogens is 3. The number of nitrogens with one attached hydrogen (secondary N) is 1. The van der Waals surface area contributed by atoms with E-state index in [-0.39, 0.29) is 18.1 Å². The van der Waals surface area contributed by atoms with Crippen LogP contribution >= 0.6 is 0 Å². The first-order valence-electron chi connectivity index (χ1n) is 9.57. The molecule has 2 aromatic carbocycles. The maximum absolute atomic E-state index is 14.4. The van der Waals surface area contributed by atoms with Gasteiger partial charge in [0.15, 0.2) is 5.82 Å². The summed E-state index contributed by atoms with van der Waals surface area (Å²) in [5.74, 6) is 0.924. The molecule has 0 aliphatic heterocycles. The smallest absolute Gasteiger partial charge is 0.256 e. The Hall–Kier alpha value is -4.07. The molecule has 2 heterocycles. The van der Waals surface area contributed by atoms with Crippen LogP contribution in [0.2, 0.25) is 0 Å². The summed E-state index contributed by atoms with van der Waals surface area (Å²) in [7, 11) is 3.13. The van der Waals surface area contributed by atoms with Crippen LogP contribution in [-0.2, 0) is 6.54 Å². The maximum Gasteiger partial charge on any atom is 0.256 e. The van der Waals surface area contributed by atoms with E-state index in [1.54, 1.807) is 61.5 Å². The Bertz CT molecular complexity index is 1200. The monoisotopic (exact) mass is 420 g/mol. The minimum atomic E-state index is -0.436. The zero-order valence-electron chi connectivity index (χ0n) is 17.1. The molecule has 0 atom stereocenters. The summed E-state index contributed by atoms with van der Waals surface area (Å²) in [6.07, 6.45) is 4.98. The van der Waals surface area contributed by atoms with Crippen LogP contribution in [0.25, 0.3) is 11.5 Å². The molecule has 0 aliphatic carbocycles. The third-order valence-corrected chi connectivity index (χ3v) is 4.85. The van der Waals surface area contributed by atoms with Gasteiger partial charge in [0.1, 0.15) is 28.6 Å². The molecule has 0 saturated carbocycles. The molecule has 31 heavy (non-hydrogen) atoms. The zero-order chi connectivity index (χ0) is 21.8. The first kappa shape index (κ1) is 20.2. The highest BCUT2D eigenvalue weighted by atomic mass is 19.1. The zero-order valence-corrected chi connectivity index (χ0v) is 17.1. The fourth-order valence-corrected chi connectivity index (χ4v) is 3.29. The Morgan fingerprint density at radius 1 is 1.06 bits per heavy atom. The molecule has 2 aromatic heterocycles. The number of amides is 1. The first-order valence-corrected chi connectivity index (χ1v) is 9.57. The highest BCUT2D eigenvalue weighted by molar-refractivity contribution is 5.97. The van der Waals surface area contributed by atoms with Crippen molar-refractivity contribution in [2.45, 2.75) is 6.54 Å². The van der Waals surface area contributed by atoms with Gasteiger partial charge in [0.2, 0.25) is 0 Å². The molecule has 0 spiro atoms. The topological polar surface area (TPSA) is 70.3 Å². The van der Waals surface area contributed by atoms with Gasteiger partial charge < -0.3 is 19.4 Å². The summed E-state index contributed by atoms with van der Waals surface area (Å²) in [5.41, 5.74) is 1.36. The summed E-state index contributed by atoms with van der Waals surface area (Å²) >= 11 is 0. The molecule has 0 radical (unpaired) electrons. The summed E-state index contributed by atoms with van der Waals surface area (Å²) < 4.78 is 28.2. The van der Waals surface area contributed by atoms with Crippen LogP contribution in [-0.4, -0.2) is 34.5 Å². The number of hydrogen-bond acceptors (Lipinski definition) is 4. The average Bonchev–Trinajstić information content (AvgIpc) is 3.47. The lowest BCUT2D eigenvalue weighted by Crippen LogP contribution is -2.24. The lowest BCUT2D eigenvalue weighted by molar-refractivity contribution is 0.0950. The quantitative estimate of drug-likeness (QED) is 0.494. The van der Waals surface area contributed by atoms with Crippen LogP contribution < -0.4 is 14.8 Å². The summed E-state index contributed by atoms with van der Waals surface area (Å²) in [5, 5.41) is 7.18. The molecular formula is C23H21FN4O3. The van der Waals surface area contributed by atoms with E-state index in [9.17, 15) is 9.18 Å². The van der Waals surface area contributed by atoms with E-state index in [4.69, 9.17) is 9.47 Å². The van der Waals surface area contributed by atoms with Gasteiger partial charge in [0, 0.05) is 30.6 Å². The molecule has 0 unspecified atom stereocenters. The van der Waals surface area contributed by atoms with Gasteiger partial charge in [0.25, 0.3) is 5.91 Å². The molecular weight excluding hydrogens is 399 g/mol. The van der Waals surface area contributed by atoms with E-state index in [2.05, 4.69) is 10.4 Å². The number of nitrogens with zero attached hydrogens (tertiary/aromatic N) is 3. The molecule has 0 bridgehead atoms. The number of para-hydroxylation sites is 1. The van der Waals surface area contributed by atoms with Crippen molar-refractivity contribution in [1.82, 2.24) is 19.7 Å². The first-order chi connectivity index (χ1) is 15.1. The van der Waals surface area contributed by atoms with Gasteiger partial charge in [-0.15, -0.1) is 0 Å². The largest absolute Gasteiger partial charge is 0.497 e. The van der Waals surface area contributed by atoms with Gasteiger partial charge in [-0.2, -0.15) is 5.10 Å². The Morgan fingerprint density at radius 2 is 1.84 bits per heavy atom. The van der Waals surface area contributed by atoms with Crippen molar-refractivity contribution in [3.05, 3.63) is 90.1 Å². The van der Waals surface area contributed by atoms with Crippen molar-refractivity contribution in [3.8, 4) is 23.0 Å². The van der Waals surface area contributed by atoms with E-state index in [0.29, 0.717) is 22.9 Å². The van der Waals surface area contributed by atoms with Gasteiger partial charge in [-0.25, -0.2) is 9.07 Å². The van der Waals surface area contributed by atoms with Crippen molar-refractivity contribution < 1.29 is 18.7 Å². The van der Waals surface area contributed by atoms with Gasteiger partial charge in [-0.1, -0.05) is 12.1 Å². The lowest BCUT2D eigenvalue weighted by atomic mass is 10.2. The Kier molecular flexibility index (Phi) is 5.70. The number of ether oxygens (including phenoxy) is 2. The fourth-order valence-electron chi connectivity index (χ4n) is 3.29. The molecule has 1 N–H and O–H groups in total. The van der Waals surface area contributed by atoms with Gasteiger partial charge in [-0.05, 0) is 36.4 Å². The molecule has 0 fully saturated rings. The van der Waals surface area contributed by atoms with Gasteiger partial charge >= 0.3 is 0 Å². The number of benzene rings is 2. The van der Waals surface area contributed by atoms with Crippen LogP contribution in [0, 0.1) is 5.82 Å². The molecule has 0 aliphatic rings. The highest BCUT2D eigenvalue weighted by Gasteiger charge is 2.21. The standard InChI is InChI=1S/C23H21FN4O3/c1-30-17-10-9-16(21(13-17)31-2)14-25-22(29)18-15-26-28(20-8-4-3-7-19(20)24)23(18)27-11-5-6-12-27/h3-13,15H,14H2,1-2H3,(H,25,29). The van der Waals surface area contributed by atoms with Gasteiger partial charge in [-0.3, -0.25) is 4.79 Å². The van der Waals surface area contributed by atoms with E-state index >= 15 is 0 Å². The number of rotatable bonds is 7. The Labute approximate surface area is 178 Å². The number of carbonyl (C=O) groups excluding carboxylic acids is 1. The van der Waals surface area contributed by atoms with Crippen LogP contribution in [0.4, 0.5) is 4.39 Å². The minimum Gasteiger partial charge on any atom is -0.497 e. The van der Waals surface area contributed by atoms with E-state index in [1.807, 2.05) is 18.2 Å². The minimum absolute atomic E-state index is 0.238. The van der Waals surface area contributed by atoms with Crippen LogP contribution in [0.1, 0.15) is 15.9 Å². The average molecular weight is 420 g/mol. The maximum atomic E-state index is 14.4. The fraction of sp³-hybridized carbons (Fsp3) is 0.130. The third-order valence-electron chi connectivity index (χ3n) is 4.85. The predicted octanol–water partition coefficient (Wildman–Crippen LogP) is 3.75. The second kappa shape index (κ2) is 8.74. The predicted molar refractivity (Wildman–Crippen MR) is 114 cm³/mol. The van der Waals surface area contributed by atoms with Crippen molar-refractivity contribution >= 4 is 5.91 Å². The van der Waals surface area contributed by atoms with Crippen molar-refractivity contribution in [1.29, 1.82) is 0 Å². The number of carbonyl (C=O) groups is 1. The van der Waals surface area contributed by atoms with Crippen LogP contribution in [0.15, 0.2) is 73.2 Å². The molecule has 4 aromatic rings. The molecule has 8 heteroatoms. The summed E-state index contributed by atoms with van der Waals surface area (Å²) in [6.45, 7) is 0.238. The Balaban J connectivity index is 1.66. The molecule has 158 valence electrons. The van der Waals surface area contributed by atoms with Crippen molar-refractivity contribution in [3.63, 3.8) is 0 Å². The lowest BCUT2D eigenvalue weighted by Gasteiger charge is -2.13. The summed E-state index contributed by atoms with van der Waals surface area (Å²) in [6, 6.07) is 15.3. The number of halogens is 1. The Morgan fingerprint density at radius 3 is 2.55 bits per heavy atom. The summed E-state index contributed by atoms with van der Waals surface area (Å²) in [4.78, 5) is 13.0. The highest BCUT2D eigenvalue weighted by Crippen LogP contribution is 2.25. The third kappa shape index (κ3) is 4.00. The second-order valence-corrected chi connectivity index (χ2v) is 6.70. The van der Waals surface area contributed by atoms with E-state index in [0.717, 1.165) is 5.56 Å². The van der Waals surface area contributed by atoms with Crippen LogP contribution in [0.5, 0.6) is 11.5 Å². The molecule has 7 nitrogen and oxygen atoms in total. The SMILES string of the molecule is COc1ccc(CNC(=O)c2cnn(-c3ccccc3F)c2-n2cccc2)c(OC)c1. The molecule has 0 saturated heterocycles. The normalized spacial score (nSPS) is 10.7. The van der Waals surface area contributed by atoms with Gasteiger partial charge in [0.05, 0.1) is 20.4 Å².